The zero-order valence-electron chi connectivity index (χ0n) is 14.2. The molecule has 1 heterocycles. The highest BCUT2D eigenvalue weighted by Gasteiger charge is 2.27. The van der Waals surface area contributed by atoms with E-state index in [9.17, 15) is 22.0 Å². The summed E-state index contributed by atoms with van der Waals surface area (Å²) in [6.45, 7) is 0. The third kappa shape index (κ3) is 4.40. The third-order valence-electron chi connectivity index (χ3n) is 3.99. The molecule has 1 unspecified atom stereocenters. The standard InChI is InChI=1S/C19H14ClF2NO3S2/c20-14-7-3-12(4-8-14)17(16-2-1-11-27-16)23-18(24)13-5-9-15(10-6-13)28(25,26)19(21)22/h1-11,17,19H,(H,23,24). The first-order chi connectivity index (χ1) is 13.3. The first-order valence-electron chi connectivity index (χ1n) is 8.01. The predicted molar refractivity (Wildman–Crippen MR) is 105 cm³/mol. The molecule has 0 fully saturated rings. The SMILES string of the molecule is O=C(NC(c1ccc(Cl)cc1)c1cccs1)c1ccc(S(=O)(=O)C(F)F)cc1. The molecule has 1 aromatic heterocycles. The van der Waals surface area contributed by atoms with Gasteiger partial charge in [0.15, 0.2) is 0 Å². The van der Waals surface area contributed by atoms with Gasteiger partial charge in [-0.1, -0.05) is 29.8 Å². The lowest BCUT2D eigenvalue weighted by Crippen LogP contribution is -2.28. The second-order valence-corrected chi connectivity index (χ2v) is 9.14. The molecule has 0 bridgehead atoms. The van der Waals surface area contributed by atoms with Gasteiger partial charge < -0.3 is 5.32 Å². The van der Waals surface area contributed by atoms with Crippen molar-refractivity contribution in [3.8, 4) is 0 Å². The number of alkyl halides is 2. The van der Waals surface area contributed by atoms with Crippen LogP contribution in [0, 0.1) is 0 Å². The van der Waals surface area contributed by atoms with Crippen molar-refractivity contribution < 1.29 is 22.0 Å². The van der Waals surface area contributed by atoms with E-state index in [4.69, 9.17) is 11.6 Å². The third-order valence-corrected chi connectivity index (χ3v) is 6.57. The Balaban J connectivity index is 1.85. The molecule has 0 spiro atoms. The smallest absolute Gasteiger partial charge is 0.340 e. The molecule has 146 valence electrons. The van der Waals surface area contributed by atoms with E-state index in [1.165, 1.54) is 23.5 Å². The fourth-order valence-electron chi connectivity index (χ4n) is 2.54. The number of carbonyl (C=O) groups is 1. The van der Waals surface area contributed by atoms with E-state index >= 15 is 0 Å². The minimum absolute atomic E-state index is 0.156. The Morgan fingerprint density at radius 3 is 2.18 bits per heavy atom. The number of rotatable bonds is 6. The van der Waals surface area contributed by atoms with Crippen LogP contribution >= 0.6 is 22.9 Å². The minimum Gasteiger partial charge on any atom is -0.340 e. The highest BCUT2D eigenvalue weighted by molar-refractivity contribution is 7.91. The molecule has 3 aromatic rings. The van der Waals surface area contributed by atoms with Crippen molar-refractivity contribution in [1.82, 2.24) is 5.32 Å². The summed E-state index contributed by atoms with van der Waals surface area (Å²) in [6, 6.07) is 14.7. The van der Waals surface area contributed by atoms with Crippen LogP contribution in [0.3, 0.4) is 0 Å². The first-order valence-corrected chi connectivity index (χ1v) is 10.8. The zero-order chi connectivity index (χ0) is 20.3. The lowest BCUT2D eigenvalue weighted by molar-refractivity contribution is 0.0943. The fourth-order valence-corrected chi connectivity index (χ4v) is 4.19. The molecule has 0 saturated carbocycles. The summed E-state index contributed by atoms with van der Waals surface area (Å²) >= 11 is 7.40. The quantitative estimate of drug-likeness (QED) is 0.590. The van der Waals surface area contributed by atoms with Crippen LogP contribution in [0.25, 0.3) is 0 Å². The van der Waals surface area contributed by atoms with Crippen molar-refractivity contribution >= 4 is 38.7 Å². The summed E-state index contributed by atoms with van der Waals surface area (Å²) in [6.07, 6.45) is 0. The fraction of sp³-hybridized carbons (Fsp3) is 0.105. The van der Waals surface area contributed by atoms with Gasteiger partial charge in [0.1, 0.15) is 0 Å². The van der Waals surface area contributed by atoms with Gasteiger partial charge in [-0.3, -0.25) is 4.79 Å². The number of carbonyl (C=O) groups excluding carboxylic acids is 1. The Morgan fingerprint density at radius 1 is 1.00 bits per heavy atom. The van der Waals surface area contributed by atoms with E-state index in [-0.39, 0.29) is 5.56 Å². The monoisotopic (exact) mass is 441 g/mol. The molecule has 0 aliphatic carbocycles. The van der Waals surface area contributed by atoms with Crippen LogP contribution in [0.2, 0.25) is 5.02 Å². The molecule has 0 radical (unpaired) electrons. The van der Waals surface area contributed by atoms with Gasteiger partial charge in [0, 0.05) is 15.5 Å². The lowest BCUT2D eigenvalue weighted by atomic mass is 10.0. The number of amides is 1. The number of sulfone groups is 1. The van der Waals surface area contributed by atoms with E-state index in [1.807, 2.05) is 17.5 Å². The Hall–Kier alpha value is -2.29. The Kier molecular flexibility index (Phi) is 6.12. The Bertz CT molecular complexity index is 1050. The van der Waals surface area contributed by atoms with Crippen molar-refractivity contribution in [2.24, 2.45) is 0 Å². The molecule has 4 nitrogen and oxygen atoms in total. The van der Waals surface area contributed by atoms with Gasteiger partial charge in [0.2, 0.25) is 9.84 Å². The maximum Gasteiger partial charge on any atom is 0.341 e. The van der Waals surface area contributed by atoms with E-state index in [1.54, 1.807) is 24.3 Å². The van der Waals surface area contributed by atoms with Gasteiger partial charge in [-0.25, -0.2) is 8.42 Å². The molecule has 1 N–H and O–H groups in total. The molecule has 3 rings (SSSR count). The van der Waals surface area contributed by atoms with Crippen LogP contribution < -0.4 is 5.32 Å². The molecule has 0 saturated heterocycles. The lowest BCUT2D eigenvalue weighted by Gasteiger charge is -2.18. The zero-order valence-corrected chi connectivity index (χ0v) is 16.6. The van der Waals surface area contributed by atoms with Crippen molar-refractivity contribution in [2.75, 3.05) is 0 Å². The normalized spacial score (nSPS) is 12.7. The van der Waals surface area contributed by atoms with E-state index in [2.05, 4.69) is 5.32 Å². The summed E-state index contributed by atoms with van der Waals surface area (Å²) in [7, 11) is -4.70. The molecular formula is C19H14ClF2NO3S2. The van der Waals surface area contributed by atoms with Gasteiger partial charge in [0.05, 0.1) is 10.9 Å². The summed E-state index contributed by atoms with van der Waals surface area (Å²) in [4.78, 5) is 13.0. The molecule has 28 heavy (non-hydrogen) atoms. The van der Waals surface area contributed by atoms with E-state index in [0.717, 1.165) is 22.6 Å². The summed E-state index contributed by atoms with van der Waals surface area (Å²) in [5.41, 5.74) is 0.973. The first kappa shape index (κ1) is 20.4. The maximum absolute atomic E-state index is 12.7. The highest BCUT2D eigenvalue weighted by Crippen LogP contribution is 2.27. The molecule has 0 aliphatic heterocycles. The molecule has 2 aromatic carbocycles. The van der Waals surface area contributed by atoms with Crippen molar-refractivity contribution in [2.45, 2.75) is 16.7 Å². The van der Waals surface area contributed by atoms with Gasteiger partial charge in [0.25, 0.3) is 5.91 Å². The number of thiophene rings is 1. The van der Waals surface area contributed by atoms with Crippen LogP contribution in [-0.4, -0.2) is 20.1 Å². The second-order valence-electron chi connectivity index (χ2n) is 5.80. The molecular weight excluding hydrogens is 428 g/mol. The summed E-state index contributed by atoms with van der Waals surface area (Å²) < 4.78 is 48.3. The Labute approximate surface area is 169 Å². The Morgan fingerprint density at radius 2 is 1.64 bits per heavy atom. The predicted octanol–water partition coefficient (Wildman–Crippen LogP) is 4.92. The van der Waals surface area contributed by atoms with E-state index in [0.29, 0.717) is 5.02 Å². The largest absolute Gasteiger partial charge is 0.341 e. The number of halogens is 3. The number of nitrogens with one attached hydrogen (secondary N) is 1. The summed E-state index contributed by atoms with van der Waals surface area (Å²) in [5.74, 6) is -3.98. The number of benzene rings is 2. The van der Waals surface area contributed by atoms with Crippen LogP contribution in [-0.2, 0) is 9.84 Å². The van der Waals surface area contributed by atoms with Crippen molar-refractivity contribution in [1.29, 1.82) is 0 Å². The van der Waals surface area contributed by atoms with E-state index < -0.39 is 32.4 Å². The van der Waals surface area contributed by atoms with Gasteiger partial charge in [-0.2, -0.15) is 8.78 Å². The number of hydrogen-bond donors (Lipinski definition) is 1. The molecule has 0 aliphatic rings. The topological polar surface area (TPSA) is 63.2 Å². The average Bonchev–Trinajstić information content (AvgIpc) is 3.21. The van der Waals surface area contributed by atoms with Crippen LogP contribution in [0.5, 0.6) is 0 Å². The minimum atomic E-state index is -4.70. The average molecular weight is 442 g/mol. The molecule has 1 amide bonds. The van der Waals surface area contributed by atoms with Gasteiger partial charge in [-0.15, -0.1) is 11.3 Å². The van der Waals surface area contributed by atoms with Crippen molar-refractivity contribution in [3.63, 3.8) is 0 Å². The van der Waals surface area contributed by atoms with Gasteiger partial charge in [-0.05, 0) is 53.4 Å². The molecule has 9 heteroatoms. The van der Waals surface area contributed by atoms with Crippen molar-refractivity contribution in [3.05, 3.63) is 87.1 Å². The summed E-state index contributed by atoms with van der Waals surface area (Å²) in [5, 5.41) is 5.33. The van der Waals surface area contributed by atoms with Crippen LogP contribution in [0.1, 0.15) is 26.8 Å². The van der Waals surface area contributed by atoms with Crippen LogP contribution in [0.15, 0.2) is 70.9 Å². The number of hydrogen-bond acceptors (Lipinski definition) is 4. The van der Waals surface area contributed by atoms with Gasteiger partial charge >= 0.3 is 5.76 Å². The molecule has 1 atom stereocenters. The highest BCUT2D eigenvalue weighted by atomic mass is 35.5. The second kappa shape index (κ2) is 8.38. The van der Waals surface area contributed by atoms with Crippen LogP contribution in [0.4, 0.5) is 8.78 Å². The maximum atomic E-state index is 12.7.